The zero-order valence-corrected chi connectivity index (χ0v) is 19.0. The molecule has 0 amide bonds. The minimum atomic E-state index is -3.37. The van der Waals surface area contributed by atoms with Crippen LogP contribution < -0.4 is 5.32 Å². The van der Waals surface area contributed by atoms with Gasteiger partial charge in [0.25, 0.3) is 10.0 Å². The molecule has 0 saturated carbocycles. The Balaban J connectivity index is 1.51. The number of thiophene rings is 1. The quantitative estimate of drug-likeness (QED) is 0.561. The number of piperidine rings is 1. The normalized spacial score (nSPS) is 16.4. The molecule has 1 aliphatic rings. The largest absolute Gasteiger partial charge is 0.351 e. The summed E-state index contributed by atoms with van der Waals surface area (Å²) in [6.07, 6.45) is 3.44. The molecule has 0 radical (unpaired) electrons. The van der Waals surface area contributed by atoms with Crippen LogP contribution in [0.1, 0.15) is 23.3 Å². The second-order valence-corrected chi connectivity index (χ2v) is 11.1. The molecule has 2 aromatic rings. The minimum absolute atomic E-state index is 0.371. The van der Waals surface area contributed by atoms with Crippen LogP contribution in [-0.4, -0.2) is 57.8 Å². The molecule has 0 aliphatic carbocycles. The fraction of sp³-hybridized carbons (Fsp3) is 0.476. The van der Waals surface area contributed by atoms with Crippen molar-refractivity contribution in [3.05, 3.63) is 52.9 Å². The van der Waals surface area contributed by atoms with Crippen molar-refractivity contribution in [1.82, 2.24) is 14.5 Å². The van der Waals surface area contributed by atoms with Gasteiger partial charge in [-0.2, -0.15) is 0 Å². The lowest BCUT2D eigenvalue weighted by atomic mass is 9.90. The summed E-state index contributed by atoms with van der Waals surface area (Å²) in [6.45, 7) is 2.55. The van der Waals surface area contributed by atoms with Crippen LogP contribution in [-0.2, 0) is 23.0 Å². The summed E-state index contributed by atoms with van der Waals surface area (Å²) in [7, 11) is 1.53. The van der Waals surface area contributed by atoms with Gasteiger partial charge in [-0.3, -0.25) is 4.99 Å². The Kier molecular flexibility index (Phi) is 7.32. The number of nitrogens with one attached hydrogen (secondary N) is 1. The fourth-order valence-corrected chi connectivity index (χ4v) is 6.03. The van der Waals surface area contributed by atoms with E-state index in [1.165, 1.54) is 21.2 Å². The summed E-state index contributed by atoms with van der Waals surface area (Å²) >= 11 is 1.30. The van der Waals surface area contributed by atoms with Crippen LogP contribution in [0.4, 0.5) is 0 Å². The summed E-state index contributed by atoms with van der Waals surface area (Å²) in [6, 6.07) is 14.2. The number of hydrogen-bond acceptors (Lipinski definition) is 4. The molecule has 8 heteroatoms. The second kappa shape index (κ2) is 9.73. The van der Waals surface area contributed by atoms with E-state index in [1.807, 2.05) is 6.07 Å². The van der Waals surface area contributed by atoms with Gasteiger partial charge >= 0.3 is 0 Å². The predicted molar refractivity (Wildman–Crippen MR) is 120 cm³/mol. The maximum Gasteiger partial charge on any atom is 0.252 e. The van der Waals surface area contributed by atoms with Crippen molar-refractivity contribution < 1.29 is 8.42 Å². The predicted octanol–water partition coefficient (Wildman–Crippen LogP) is 3.03. The number of benzene rings is 1. The van der Waals surface area contributed by atoms with Crippen LogP contribution in [0, 0.1) is 5.92 Å². The monoisotopic (exact) mass is 434 g/mol. The standard InChI is InChI=1S/C21H30N4O2S2/c1-22-21(23-16-19-9-10-20(28-19)29(26,27)24(2)3)25-13-11-18(12-14-25)15-17-7-5-4-6-8-17/h4-10,18H,11-16H2,1-3H3,(H,22,23). The van der Waals surface area contributed by atoms with Crippen molar-refractivity contribution in [2.45, 2.75) is 30.0 Å². The van der Waals surface area contributed by atoms with E-state index in [0.717, 1.165) is 43.2 Å². The van der Waals surface area contributed by atoms with Crippen LogP contribution in [0.25, 0.3) is 0 Å². The van der Waals surface area contributed by atoms with E-state index in [2.05, 4.69) is 45.5 Å². The number of aliphatic imine (C=N–C) groups is 1. The van der Waals surface area contributed by atoms with Crippen molar-refractivity contribution in [2.75, 3.05) is 34.2 Å². The van der Waals surface area contributed by atoms with Crippen LogP contribution in [0.5, 0.6) is 0 Å². The molecule has 2 heterocycles. The van der Waals surface area contributed by atoms with E-state index in [-0.39, 0.29) is 0 Å². The molecule has 0 bridgehead atoms. The van der Waals surface area contributed by atoms with Crippen LogP contribution in [0.3, 0.4) is 0 Å². The molecule has 1 fully saturated rings. The third-order valence-electron chi connectivity index (χ3n) is 5.29. The Labute approximate surface area is 178 Å². The molecular formula is C21H30N4O2S2. The van der Waals surface area contributed by atoms with Crippen molar-refractivity contribution in [3.8, 4) is 0 Å². The van der Waals surface area contributed by atoms with E-state index >= 15 is 0 Å². The molecular weight excluding hydrogens is 404 g/mol. The summed E-state index contributed by atoms with van der Waals surface area (Å²) in [5, 5.41) is 3.39. The van der Waals surface area contributed by atoms with Gasteiger partial charge in [-0.05, 0) is 42.9 Å². The molecule has 0 atom stereocenters. The number of nitrogens with zero attached hydrogens (tertiary/aromatic N) is 3. The second-order valence-electron chi connectivity index (χ2n) is 7.53. The number of rotatable bonds is 6. The Hall–Kier alpha value is -1.90. The van der Waals surface area contributed by atoms with Gasteiger partial charge < -0.3 is 10.2 Å². The average molecular weight is 435 g/mol. The first-order valence-electron chi connectivity index (χ1n) is 9.91. The van der Waals surface area contributed by atoms with Crippen molar-refractivity contribution in [2.24, 2.45) is 10.9 Å². The third kappa shape index (κ3) is 5.58. The highest BCUT2D eigenvalue weighted by Crippen LogP contribution is 2.24. The Morgan fingerprint density at radius 2 is 1.86 bits per heavy atom. The van der Waals surface area contributed by atoms with Crippen LogP contribution in [0.2, 0.25) is 0 Å². The minimum Gasteiger partial charge on any atom is -0.351 e. The lowest BCUT2D eigenvalue weighted by Crippen LogP contribution is -2.45. The first kappa shape index (κ1) is 21.8. The summed E-state index contributed by atoms with van der Waals surface area (Å²) in [5.74, 6) is 1.59. The summed E-state index contributed by atoms with van der Waals surface area (Å²) in [4.78, 5) is 7.70. The zero-order chi connectivity index (χ0) is 20.9. The molecule has 1 aromatic carbocycles. The zero-order valence-electron chi connectivity index (χ0n) is 17.3. The Morgan fingerprint density at radius 1 is 1.17 bits per heavy atom. The van der Waals surface area contributed by atoms with E-state index in [4.69, 9.17) is 0 Å². The van der Waals surface area contributed by atoms with Gasteiger partial charge in [-0.25, -0.2) is 12.7 Å². The lowest BCUT2D eigenvalue weighted by Gasteiger charge is -2.34. The van der Waals surface area contributed by atoms with Crippen molar-refractivity contribution >= 4 is 27.3 Å². The topological polar surface area (TPSA) is 65.0 Å². The first-order valence-corrected chi connectivity index (χ1v) is 12.2. The highest BCUT2D eigenvalue weighted by atomic mass is 32.2. The summed E-state index contributed by atoms with van der Waals surface area (Å²) in [5.41, 5.74) is 1.41. The van der Waals surface area contributed by atoms with Crippen molar-refractivity contribution in [1.29, 1.82) is 0 Å². The molecule has 0 spiro atoms. The number of sulfonamides is 1. The Bertz CT molecular complexity index is 915. The molecule has 3 rings (SSSR count). The van der Waals surface area contributed by atoms with Crippen LogP contribution >= 0.6 is 11.3 Å². The fourth-order valence-electron chi connectivity index (χ4n) is 3.57. The van der Waals surface area contributed by atoms with E-state index in [9.17, 15) is 8.42 Å². The van der Waals surface area contributed by atoms with Gasteiger partial charge in [0.1, 0.15) is 4.21 Å². The molecule has 6 nitrogen and oxygen atoms in total. The number of hydrogen-bond donors (Lipinski definition) is 1. The number of likely N-dealkylation sites (tertiary alicyclic amines) is 1. The van der Waals surface area contributed by atoms with E-state index < -0.39 is 10.0 Å². The SMILES string of the molecule is CN=C(NCc1ccc(S(=O)(=O)N(C)C)s1)N1CCC(Cc2ccccc2)CC1. The molecule has 1 N–H and O–H groups in total. The molecule has 29 heavy (non-hydrogen) atoms. The highest BCUT2D eigenvalue weighted by Gasteiger charge is 2.22. The Morgan fingerprint density at radius 3 is 2.48 bits per heavy atom. The molecule has 158 valence electrons. The smallest absolute Gasteiger partial charge is 0.252 e. The number of guanidine groups is 1. The third-order valence-corrected chi connectivity index (χ3v) is 8.65. The van der Waals surface area contributed by atoms with Crippen molar-refractivity contribution in [3.63, 3.8) is 0 Å². The van der Waals surface area contributed by atoms with Crippen LogP contribution in [0.15, 0.2) is 51.7 Å². The van der Waals surface area contributed by atoms with E-state index in [0.29, 0.717) is 16.7 Å². The molecule has 1 aliphatic heterocycles. The van der Waals surface area contributed by atoms with Gasteiger partial charge in [0, 0.05) is 39.1 Å². The van der Waals surface area contributed by atoms with Gasteiger partial charge in [-0.1, -0.05) is 30.3 Å². The molecule has 0 unspecified atom stereocenters. The maximum atomic E-state index is 12.2. The summed E-state index contributed by atoms with van der Waals surface area (Å²) < 4.78 is 26.1. The van der Waals surface area contributed by atoms with Gasteiger partial charge in [0.05, 0.1) is 6.54 Å². The highest BCUT2D eigenvalue weighted by molar-refractivity contribution is 7.91. The molecule has 1 aromatic heterocycles. The maximum absolute atomic E-state index is 12.2. The average Bonchev–Trinajstić information content (AvgIpc) is 3.20. The van der Waals surface area contributed by atoms with Gasteiger partial charge in [0.2, 0.25) is 0 Å². The molecule has 1 saturated heterocycles. The van der Waals surface area contributed by atoms with Gasteiger partial charge in [0.15, 0.2) is 5.96 Å². The lowest BCUT2D eigenvalue weighted by molar-refractivity contribution is 0.259. The van der Waals surface area contributed by atoms with Gasteiger partial charge in [-0.15, -0.1) is 11.3 Å². The van der Waals surface area contributed by atoms with E-state index in [1.54, 1.807) is 27.2 Å². The first-order chi connectivity index (χ1) is 13.9.